The monoisotopic (exact) mass is 502 g/mol. The minimum absolute atomic E-state index is 0.383. The largest absolute Gasteiger partial charge is 0.424 e. The van der Waals surface area contributed by atoms with Gasteiger partial charge >= 0.3 is 5.97 Å². The van der Waals surface area contributed by atoms with Gasteiger partial charge in [0.25, 0.3) is 5.72 Å². The molecule has 5 aromatic rings. The smallest absolute Gasteiger partial charge is 0.342 e. The fourth-order valence-electron chi connectivity index (χ4n) is 5.77. The molecule has 0 bridgehead atoms. The van der Waals surface area contributed by atoms with E-state index in [1.54, 1.807) is 18.3 Å². The molecule has 0 N–H and O–H groups in total. The number of hydrogen-bond acceptors (Lipinski definition) is 5. The Bertz CT molecular complexity index is 1640. The van der Waals surface area contributed by atoms with E-state index in [1.807, 2.05) is 56.6 Å². The molecule has 1 aliphatic heterocycles. The van der Waals surface area contributed by atoms with Crippen molar-refractivity contribution in [2.45, 2.75) is 26.1 Å². The molecule has 0 radical (unpaired) electrons. The third kappa shape index (κ3) is 3.40. The Morgan fingerprint density at radius 1 is 0.842 bits per heavy atom. The molecule has 0 amide bonds. The minimum Gasteiger partial charge on any atom is -0.424 e. The predicted molar refractivity (Wildman–Crippen MR) is 152 cm³/mol. The van der Waals surface area contributed by atoms with Gasteiger partial charge in [-0.3, -0.25) is 9.88 Å². The summed E-state index contributed by atoms with van der Waals surface area (Å²) in [7, 11) is 4.04. The van der Waals surface area contributed by atoms with Crippen LogP contribution in [-0.2, 0) is 17.0 Å². The van der Waals surface area contributed by atoms with Gasteiger partial charge in [-0.2, -0.15) is 0 Å². The number of aryl methyl sites for hydroxylation is 1. The number of anilines is 3. The molecule has 6 rings (SSSR count). The third-order valence-electron chi connectivity index (χ3n) is 7.43. The topological polar surface area (TPSA) is 50.6 Å². The molecule has 0 fully saturated rings. The van der Waals surface area contributed by atoms with Crippen molar-refractivity contribution in [3.8, 4) is 0 Å². The van der Waals surface area contributed by atoms with E-state index >= 15 is 0 Å². The number of cyclic esters (lactones) is 1. The molecular weight excluding hydrogens is 472 g/mol. The van der Waals surface area contributed by atoms with Gasteiger partial charge in [-0.05, 0) is 68.4 Å². The second-order valence-electron chi connectivity index (χ2n) is 9.74. The van der Waals surface area contributed by atoms with Crippen molar-refractivity contribution in [2.24, 2.45) is 0 Å². The van der Waals surface area contributed by atoms with Gasteiger partial charge in [-0.1, -0.05) is 36.4 Å². The summed E-state index contributed by atoms with van der Waals surface area (Å²) in [6, 6.07) is 30.3. The van der Waals surface area contributed by atoms with Crippen molar-refractivity contribution in [1.29, 1.82) is 0 Å². The Balaban J connectivity index is 1.75. The number of aromatic nitrogens is 2. The van der Waals surface area contributed by atoms with Gasteiger partial charge in [-0.25, -0.2) is 4.79 Å². The molecule has 0 aliphatic carbocycles. The normalized spacial score (nSPS) is 16.4. The molecule has 6 heteroatoms. The van der Waals surface area contributed by atoms with Gasteiger partial charge in [0.15, 0.2) is 0 Å². The van der Waals surface area contributed by atoms with E-state index in [2.05, 4.69) is 64.6 Å². The van der Waals surface area contributed by atoms with Gasteiger partial charge in [0.2, 0.25) is 0 Å². The number of ether oxygens (including phenoxy) is 1. The molecule has 1 unspecified atom stereocenters. The average molecular weight is 503 g/mol. The first-order valence-electron chi connectivity index (χ1n) is 12.9. The lowest BCUT2D eigenvalue weighted by Gasteiger charge is -2.41. The Morgan fingerprint density at radius 3 is 2.21 bits per heavy atom. The summed E-state index contributed by atoms with van der Waals surface area (Å²) in [5.41, 5.74) is 5.66. The zero-order chi connectivity index (χ0) is 26.4. The first-order valence-corrected chi connectivity index (χ1v) is 12.9. The Hall–Kier alpha value is -4.58. The van der Waals surface area contributed by atoms with E-state index in [1.165, 1.54) is 0 Å². The number of fused-ring (bicyclic) bond motifs is 2. The molecule has 38 heavy (non-hydrogen) atoms. The molecule has 0 saturated carbocycles. The maximum absolute atomic E-state index is 13.6. The lowest BCUT2D eigenvalue weighted by molar-refractivity contribution is 0.0125. The maximum Gasteiger partial charge on any atom is 0.342 e. The number of esters is 1. The van der Waals surface area contributed by atoms with Crippen LogP contribution in [0.5, 0.6) is 0 Å². The molecule has 3 heterocycles. The van der Waals surface area contributed by atoms with Crippen LogP contribution in [-0.4, -0.2) is 29.6 Å². The van der Waals surface area contributed by atoms with E-state index in [4.69, 9.17) is 9.72 Å². The number of pyridine rings is 1. The lowest BCUT2D eigenvalue weighted by Crippen LogP contribution is -2.46. The predicted octanol–water partition coefficient (Wildman–Crippen LogP) is 6.64. The van der Waals surface area contributed by atoms with Gasteiger partial charge in [0.05, 0.1) is 11.1 Å². The zero-order valence-corrected chi connectivity index (χ0v) is 22.1. The lowest BCUT2D eigenvalue weighted by atomic mass is 9.91. The number of para-hydroxylation sites is 2. The summed E-state index contributed by atoms with van der Waals surface area (Å²) in [5.74, 6) is -0.383. The number of rotatable bonds is 6. The van der Waals surface area contributed by atoms with E-state index in [-0.39, 0.29) is 5.97 Å². The summed E-state index contributed by atoms with van der Waals surface area (Å²) in [5, 5.41) is 1.03. The van der Waals surface area contributed by atoms with Crippen LogP contribution in [0.15, 0.2) is 97.2 Å². The quantitative estimate of drug-likeness (QED) is 0.244. The van der Waals surface area contributed by atoms with Gasteiger partial charge < -0.3 is 14.2 Å². The van der Waals surface area contributed by atoms with Crippen molar-refractivity contribution in [1.82, 2.24) is 9.55 Å². The highest BCUT2D eigenvalue weighted by Gasteiger charge is 2.56. The van der Waals surface area contributed by atoms with E-state index in [0.29, 0.717) is 11.3 Å². The molecule has 1 atom stereocenters. The molecule has 190 valence electrons. The molecule has 0 saturated heterocycles. The van der Waals surface area contributed by atoms with Crippen LogP contribution in [0.1, 0.15) is 34.2 Å². The summed E-state index contributed by atoms with van der Waals surface area (Å²) >= 11 is 0. The number of carbonyl (C=O) groups is 1. The second kappa shape index (κ2) is 9.06. The molecule has 3 aromatic carbocycles. The average Bonchev–Trinajstić information content (AvgIpc) is 3.40. The van der Waals surface area contributed by atoms with Crippen molar-refractivity contribution in [3.05, 3.63) is 120 Å². The van der Waals surface area contributed by atoms with E-state index in [9.17, 15) is 4.79 Å². The standard InChI is InChI=1S/C32H30N4O2/c1-5-35-22(2)29(26-14-9-10-16-28(26)35)32(30-27(31(37)38-32)15-11-21-33-30)36(24-12-7-6-8-13-24)25-19-17-23(18-20-25)34(3)4/h6-21H,5H2,1-4H3. The van der Waals surface area contributed by atoms with Crippen LogP contribution in [0.4, 0.5) is 17.1 Å². The van der Waals surface area contributed by atoms with E-state index in [0.717, 1.165) is 45.8 Å². The number of benzene rings is 3. The van der Waals surface area contributed by atoms with Crippen molar-refractivity contribution < 1.29 is 9.53 Å². The SMILES string of the molecule is CCn1c(C)c(C2(N(c3ccccc3)c3ccc(N(C)C)cc3)OC(=O)c3cccnc32)c2ccccc21. The van der Waals surface area contributed by atoms with Crippen LogP contribution in [0.3, 0.4) is 0 Å². The first-order chi connectivity index (χ1) is 18.5. The molecular formula is C32H30N4O2. The molecule has 6 nitrogen and oxygen atoms in total. The third-order valence-corrected chi connectivity index (χ3v) is 7.43. The van der Waals surface area contributed by atoms with Crippen molar-refractivity contribution >= 4 is 33.9 Å². The highest BCUT2D eigenvalue weighted by atomic mass is 16.6. The van der Waals surface area contributed by atoms with Crippen molar-refractivity contribution in [3.63, 3.8) is 0 Å². The van der Waals surface area contributed by atoms with Crippen LogP contribution in [0.25, 0.3) is 10.9 Å². The van der Waals surface area contributed by atoms with Crippen LogP contribution in [0.2, 0.25) is 0 Å². The molecule has 2 aromatic heterocycles. The Labute approximate surface area is 222 Å². The summed E-state index contributed by atoms with van der Waals surface area (Å²) < 4.78 is 8.88. The summed E-state index contributed by atoms with van der Waals surface area (Å²) in [6.07, 6.45) is 1.74. The fourth-order valence-corrected chi connectivity index (χ4v) is 5.77. The Morgan fingerprint density at radius 2 is 1.50 bits per heavy atom. The van der Waals surface area contributed by atoms with Gasteiger partial charge in [0.1, 0.15) is 5.69 Å². The van der Waals surface area contributed by atoms with Crippen LogP contribution >= 0.6 is 0 Å². The van der Waals surface area contributed by atoms with Crippen LogP contribution < -0.4 is 9.80 Å². The van der Waals surface area contributed by atoms with E-state index < -0.39 is 5.72 Å². The minimum atomic E-state index is -1.32. The summed E-state index contributed by atoms with van der Waals surface area (Å²) in [4.78, 5) is 22.6. The number of hydrogen-bond donors (Lipinski definition) is 0. The van der Waals surface area contributed by atoms with Crippen molar-refractivity contribution in [2.75, 3.05) is 23.9 Å². The fraction of sp³-hybridized carbons (Fsp3) is 0.188. The zero-order valence-electron chi connectivity index (χ0n) is 22.1. The highest BCUT2D eigenvalue weighted by molar-refractivity contribution is 5.98. The first kappa shape index (κ1) is 23.8. The highest BCUT2D eigenvalue weighted by Crippen LogP contribution is 2.52. The molecule has 0 spiro atoms. The van der Waals surface area contributed by atoms with Crippen LogP contribution in [0, 0.1) is 6.92 Å². The number of carbonyl (C=O) groups excluding carboxylic acids is 1. The summed E-state index contributed by atoms with van der Waals surface area (Å²) in [6.45, 7) is 5.03. The molecule has 1 aliphatic rings. The maximum atomic E-state index is 13.6. The second-order valence-corrected chi connectivity index (χ2v) is 9.74. The Kier molecular flexibility index (Phi) is 5.68. The van der Waals surface area contributed by atoms with Gasteiger partial charge in [-0.15, -0.1) is 0 Å². The number of nitrogens with zero attached hydrogens (tertiary/aromatic N) is 4. The van der Waals surface area contributed by atoms with Gasteiger partial charge in [0, 0.05) is 60.5 Å².